The largest absolute Gasteiger partial charge is 0.508 e. The molecule has 4 atom stereocenters. The van der Waals surface area contributed by atoms with Crippen molar-refractivity contribution in [2.24, 2.45) is 5.41 Å². The number of aromatic hydroxyl groups is 1. The zero-order valence-electron chi connectivity index (χ0n) is 42.9. The predicted molar refractivity (Wildman–Crippen MR) is 284 cm³/mol. The van der Waals surface area contributed by atoms with E-state index in [9.17, 15) is 29.4 Å². The Bertz CT molecular complexity index is 2840. The molecule has 4 N–H and O–H groups in total. The summed E-state index contributed by atoms with van der Waals surface area (Å²) in [5.41, 5.74) is 10.1. The minimum Gasteiger partial charge on any atom is -0.508 e. The van der Waals surface area contributed by atoms with Crippen LogP contribution in [0.25, 0.3) is 21.6 Å². The van der Waals surface area contributed by atoms with Gasteiger partial charge < -0.3 is 35.4 Å². The molecule has 1 saturated heterocycles. The Hall–Kier alpha value is -7.17. The minimum atomic E-state index is -0.943. The quantitative estimate of drug-likeness (QED) is 0.0509. The van der Waals surface area contributed by atoms with Gasteiger partial charge in [0.1, 0.15) is 30.2 Å². The monoisotopic (exact) mass is 1010 g/mol. The second-order valence-electron chi connectivity index (χ2n) is 19.8. The number of hydrogen-bond acceptors (Lipinski definition) is 11. The highest BCUT2D eigenvalue weighted by Crippen LogP contribution is 2.36. The number of aryl methyl sites for hydroxylation is 3. The topological polar surface area (TPSA) is 192 Å². The van der Waals surface area contributed by atoms with E-state index in [1.165, 1.54) is 10.5 Å². The number of carbonyl (C=O) groups is 4. The number of nitrogens with one attached hydrogen (secondary N) is 2. The number of hydrogen-bond donors (Lipinski definition) is 4. The maximum Gasteiger partial charge on any atom is 0.246 e. The maximum absolute atomic E-state index is 14.2. The van der Waals surface area contributed by atoms with Crippen molar-refractivity contribution in [3.63, 3.8) is 0 Å². The van der Waals surface area contributed by atoms with Gasteiger partial charge in [-0.3, -0.25) is 23.9 Å². The van der Waals surface area contributed by atoms with E-state index in [0.29, 0.717) is 44.0 Å². The van der Waals surface area contributed by atoms with E-state index in [1.54, 1.807) is 46.3 Å². The summed E-state index contributed by atoms with van der Waals surface area (Å²) in [6, 6.07) is 31.2. The molecule has 15 nitrogen and oxygen atoms in total. The fourth-order valence-corrected chi connectivity index (χ4v) is 9.90. The number of aromatic nitrogens is 4. The Morgan fingerprint density at radius 2 is 1.59 bits per heavy atom. The number of rotatable bonds is 21. The molecule has 2 aromatic heterocycles. The highest BCUT2D eigenvalue weighted by molar-refractivity contribution is 7.13. The predicted octanol–water partition coefficient (Wildman–Crippen LogP) is 8.41. The summed E-state index contributed by atoms with van der Waals surface area (Å²) in [6.45, 7) is 12.6. The first-order chi connectivity index (χ1) is 35.0. The molecule has 16 heteroatoms. The lowest BCUT2D eigenvalue weighted by Crippen LogP contribution is -2.57. The van der Waals surface area contributed by atoms with Crippen molar-refractivity contribution in [2.75, 3.05) is 26.7 Å². The van der Waals surface area contributed by atoms with Gasteiger partial charge in [-0.15, -0.1) is 16.4 Å². The van der Waals surface area contributed by atoms with Crippen LogP contribution in [0.3, 0.4) is 0 Å². The molecule has 384 valence electrons. The Balaban J connectivity index is 0.843. The van der Waals surface area contributed by atoms with Crippen LogP contribution in [0.2, 0.25) is 0 Å². The third-order valence-corrected chi connectivity index (χ3v) is 14.2. The van der Waals surface area contributed by atoms with Gasteiger partial charge in [0.2, 0.25) is 23.6 Å². The molecule has 73 heavy (non-hydrogen) atoms. The minimum absolute atomic E-state index is 0.0169. The van der Waals surface area contributed by atoms with Crippen molar-refractivity contribution >= 4 is 46.1 Å². The number of β-amino-alcohol motifs (C(OH)–C–C–N with tert-alkyl or cyclic N) is 1. The number of allylic oxidation sites excluding steroid dienone is 1. The molecule has 6 aromatic rings. The molecule has 1 fully saturated rings. The molecule has 0 saturated carbocycles. The fraction of sp³-hybridized carbons (Fsp3) is 0.386. The van der Waals surface area contributed by atoms with Crippen LogP contribution in [-0.4, -0.2) is 109 Å². The Morgan fingerprint density at radius 1 is 0.904 bits per heavy atom. The number of carbonyl (C=O) groups excluding carboxylic acids is 4. The van der Waals surface area contributed by atoms with Crippen LogP contribution < -0.4 is 15.4 Å². The molecule has 1 aliphatic rings. The third kappa shape index (κ3) is 14.1. The Labute approximate surface area is 432 Å². The second-order valence-corrected chi connectivity index (χ2v) is 20.6. The summed E-state index contributed by atoms with van der Waals surface area (Å²) < 4.78 is 7.70. The van der Waals surface area contributed by atoms with Crippen LogP contribution in [0.4, 0.5) is 0 Å². The van der Waals surface area contributed by atoms with Crippen molar-refractivity contribution in [3.05, 3.63) is 148 Å². The van der Waals surface area contributed by atoms with Gasteiger partial charge in [-0.1, -0.05) is 112 Å². The summed E-state index contributed by atoms with van der Waals surface area (Å²) in [6.07, 6.45) is 2.96. The van der Waals surface area contributed by atoms with Crippen molar-refractivity contribution in [2.45, 2.75) is 111 Å². The van der Waals surface area contributed by atoms with Gasteiger partial charge >= 0.3 is 0 Å². The summed E-state index contributed by atoms with van der Waals surface area (Å²) >= 11 is 1.57. The number of benzene rings is 4. The van der Waals surface area contributed by atoms with Crippen molar-refractivity contribution in [1.29, 1.82) is 0 Å². The normalized spacial score (nSPS) is 15.8. The number of aliphatic hydroxyl groups is 1. The molecule has 0 bridgehead atoms. The average Bonchev–Trinajstić information content (AvgIpc) is 4.14. The van der Waals surface area contributed by atoms with Gasteiger partial charge in [0.05, 0.1) is 40.5 Å². The Morgan fingerprint density at radius 3 is 2.23 bits per heavy atom. The van der Waals surface area contributed by atoms with Crippen LogP contribution >= 0.6 is 11.3 Å². The number of aliphatic hydroxyl groups excluding tert-OH is 1. The molecular formula is C57H68N8O7S. The standard InChI is InChI=1S/C57H68N8O7S/c1-8-48(40-13-10-9-11-14-40)52(41-20-25-45(66)26-21-41)42-22-27-47(28-23-42)72-32-31-63(7)51(69)29-24-44-34-64(62-61-44)30-12-15-50(68)60-54(57(4,5)6)56(71)65-35-46(67)33-49(65)55(70)59-37(2)39-16-18-43(19-17-39)53-38(3)58-36-73-53/h9-11,13-14,16-23,25-28,34,36-37,46,49,54,66-67H,8,12,15,24,29-33,35H2,1-7H3,(H,59,70)(H,60,68)/b52-48-/t37-,46-,49-,54+/m0/s1. The number of amides is 4. The number of phenols is 1. The zero-order chi connectivity index (χ0) is 52.2. The van der Waals surface area contributed by atoms with Crippen LogP contribution in [0.15, 0.2) is 115 Å². The first kappa shape index (κ1) is 53.6. The molecule has 7 rings (SSSR count). The van der Waals surface area contributed by atoms with Gasteiger partial charge in [-0.2, -0.15) is 0 Å². The molecule has 4 aromatic carbocycles. The lowest BCUT2D eigenvalue weighted by molar-refractivity contribution is -0.144. The molecule has 0 spiro atoms. The lowest BCUT2D eigenvalue weighted by Gasteiger charge is -2.35. The lowest BCUT2D eigenvalue weighted by atomic mass is 9.85. The first-order valence-electron chi connectivity index (χ1n) is 25.0. The average molecular weight is 1010 g/mol. The highest BCUT2D eigenvalue weighted by atomic mass is 32.1. The molecular weight excluding hydrogens is 941 g/mol. The highest BCUT2D eigenvalue weighted by Gasteiger charge is 2.44. The number of thiazole rings is 1. The number of likely N-dealkylation sites (N-methyl/N-ethyl adjacent to an activating group) is 1. The van der Waals surface area contributed by atoms with E-state index in [-0.39, 0.29) is 55.3 Å². The number of ether oxygens (including phenoxy) is 1. The van der Waals surface area contributed by atoms with E-state index in [4.69, 9.17) is 4.74 Å². The number of likely N-dealkylation sites (tertiary alicyclic amines) is 1. The van der Waals surface area contributed by atoms with Gasteiger partial charge in [0, 0.05) is 52.0 Å². The molecule has 1 aliphatic heterocycles. The van der Waals surface area contributed by atoms with E-state index in [2.05, 4.69) is 45.0 Å². The van der Waals surface area contributed by atoms with E-state index in [1.807, 2.05) is 119 Å². The van der Waals surface area contributed by atoms with Gasteiger partial charge in [-0.05, 0) is 95.3 Å². The molecule has 0 unspecified atom stereocenters. The third-order valence-electron chi connectivity index (χ3n) is 13.2. The number of nitrogens with zero attached hydrogens (tertiary/aromatic N) is 6. The first-order valence-corrected chi connectivity index (χ1v) is 25.9. The smallest absolute Gasteiger partial charge is 0.246 e. The summed E-state index contributed by atoms with van der Waals surface area (Å²) in [4.78, 5) is 62.8. The van der Waals surface area contributed by atoms with Crippen molar-refractivity contribution in [3.8, 4) is 21.9 Å². The molecule has 3 heterocycles. The second kappa shape index (κ2) is 24.5. The maximum atomic E-state index is 14.2. The molecule has 0 radical (unpaired) electrons. The Kier molecular flexibility index (Phi) is 18.0. The zero-order valence-corrected chi connectivity index (χ0v) is 43.7. The van der Waals surface area contributed by atoms with Crippen LogP contribution in [-0.2, 0) is 32.1 Å². The molecule has 4 amide bonds. The summed E-state index contributed by atoms with van der Waals surface area (Å²) in [5, 5.41) is 35.1. The van der Waals surface area contributed by atoms with E-state index < -0.39 is 29.5 Å². The molecule has 0 aliphatic carbocycles. The van der Waals surface area contributed by atoms with Gasteiger partial charge in [0.25, 0.3) is 0 Å². The number of phenolic OH excluding ortho intramolecular Hbond substituents is 1. The van der Waals surface area contributed by atoms with Crippen LogP contribution in [0.1, 0.15) is 106 Å². The summed E-state index contributed by atoms with van der Waals surface area (Å²) in [7, 11) is 1.75. The van der Waals surface area contributed by atoms with E-state index in [0.717, 1.165) is 50.4 Å². The van der Waals surface area contributed by atoms with Gasteiger partial charge in [0.15, 0.2) is 0 Å². The summed E-state index contributed by atoms with van der Waals surface area (Å²) in [5.74, 6) is -0.270. The van der Waals surface area contributed by atoms with Crippen LogP contribution in [0, 0.1) is 12.3 Å². The SMILES string of the molecule is CC/C(=C(\c1ccc(O)cc1)c1ccc(OCCN(C)C(=O)CCc2cn(CCCC(=O)N[C@H](C(=O)N3C[C@@H](O)C[C@H]3C(=O)N[C@@H](C)c3ccc(-c4scnc4C)cc3)C(C)(C)C)nn2)cc1)c1ccccc1. The van der Waals surface area contributed by atoms with Crippen LogP contribution in [0.5, 0.6) is 11.5 Å². The van der Waals surface area contributed by atoms with Crippen molar-refractivity contribution in [1.82, 2.24) is 40.4 Å². The fourth-order valence-electron chi connectivity index (χ4n) is 9.09. The van der Waals surface area contributed by atoms with Crippen molar-refractivity contribution < 1.29 is 34.1 Å². The van der Waals surface area contributed by atoms with Gasteiger partial charge in [-0.25, -0.2) is 4.98 Å². The van der Waals surface area contributed by atoms with E-state index >= 15 is 0 Å².